The quantitative estimate of drug-likeness (QED) is 0.830. The largest absolute Gasteiger partial charge is 0.497 e. The Morgan fingerprint density at radius 2 is 2.00 bits per heavy atom. The van der Waals surface area contributed by atoms with Gasteiger partial charge in [-0.15, -0.1) is 0 Å². The van der Waals surface area contributed by atoms with Gasteiger partial charge in [-0.1, -0.05) is 12.1 Å². The van der Waals surface area contributed by atoms with Crippen LogP contribution in [0.3, 0.4) is 0 Å². The van der Waals surface area contributed by atoms with Crippen LogP contribution in [0.2, 0.25) is 0 Å². The van der Waals surface area contributed by atoms with Gasteiger partial charge in [-0.25, -0.2) is 0 Å². The number of aryl methyl sites for hydroxylation is 1. The van der Waals surface area contributed by atoms with E-state index in [1.54, 1.807) is 31.4 Å². The highest BCUT2D eigenvalue weighted by atomic mass is 16.5. The Labute approximate surface area is 112 Å². The lowest BCUT2D eigenvalue weighted by Crippen LogP contribution is -2.12. The standard InChI is InChI=1S/C15H16N2O2/c1-10-6-7-11(8-14(10)16)15(18)17-12-4-3-5-13(9-12)19-2/h3-9H,16H2,1-2H3,(H,17,18). The van der Waals surface area contributed by atoms with E-state index >= 15 is 0 Å². The first-order chi connectivity index (χ1) is 9.10. The molecule has 0 saturated carbocycles. The maximum absolute atomic E-state index is 12.1. The fourth-order valence-corrected chi connectivity index (χ4v) is 1.69. The monoisotopic (exact) mass is 256 g/mol. The molecule has 0 unspecified atom stereocenters. The molecule has 4 nitrogen and oxygen atoms in total. The summed E-state index contributed by atoms with van der Waals surface area (Å²) in [5.74, 6) is 0.501. The van der Waals surface area contributed by atoms with Crippen LogP contribution in [0.4, 0.5) is 11.4 Å². The fraction of sp³-hybridized carbons (Fsp3) is 0.133. The van der Waals surface area contributed by atoms with E-state index in [9.17, 15) is 4.79 Å². The van der Waals surface area contributed by atoms with Gasteiger partial charge in [0.15, 0.2) is 0 Å². The number of hydrogen-bond donors (Lipinski definition) is 2. The number of carbonyl (C=O) groups excluding carboxylic acids is 1. The van der Waals surface area contributed by atoms with Crippen molar-refractivity contribution in [1.29, 1.82) is 0 Å². The van der Waals surface area contributed by atoms with E-state index in [1.807, 2.05) is 25.1 Å². The van der Waals surface area contributed by atoms with Crippen LogP contribution in [0.5, 0.6) is 5.75 Å². The van der Waals surface area contributed by atoms with Gasteiger partial charge in [-0.2, -0.15) is 0 Å². The second-order valence-electron chi connectivity index (χ2n) is 4.26. The molecule has 1 amide bonds. The average Bonchev–Trinajstić information content (AvgIpc) is 2.42. The summed E-state index contributed by atoms with van der Waals surface area (Å²) >= 11 is 0. The maximum atomic E-state index is 12.1. The van der Waals surface area contributed by atoms with Gasteiger partial charge >= 0.3 is 0 Å². The molecule has 0 aliphatic rings. The average molecular weight is 256 g/mol. The van der Waals surface area contributed by atoms with Crippen LogP contribution in [0.15, 0.2) is 42.5 Å². The summed E-state index contributed by atoms with van der Waals surface area (Å²) in [4.78, 5) is 12.1. The van der Waals surface area contributed by atoms with Crippen LogP contribution in [0.25, 0.3) is 0 Å². The Bertz CT molecular complexity index is 609. The summed E-state index contributed by atoms with van der Waals surface area (Å²) in [5, 5.41) is 2.81. The molecule has 2 aromatic rings. The highest BCUT2D eigenvalue weighted by Gasteiger charge is 2.07. The van der Waals surface area contributed by atoms with E-state index in [0.29, 0.717) is 22.7 Å². The number of carbonyl (C=O) groups is 1. The number of amides is 1. The fourth-order valence-electron chi connectivity index (χ4n) is 1.69. The minimum Gasteiger partial charge on any atom is -0.497 e. The number of ether oxygens (including phenoxy) is 1. The third kappa shape index (κ3) is 3.04. The number of nitrogens with one attached hydrogen (secondary N) is 1. The summed E-state index contributed by atoms with van der Waals surface area (Å²) < 4.78 is 5.11. The van der Waals surface area contributed by atoms with E-state index in [1.165, 1.54) is 0 Å². The molecule has 4 heteroatoms. The minimum atomic E-state index is -0.194. The highest BCUT2D eigenvalue weighted by Crippen LogP contribution is 2.18. The number of nitrogens with two attached hydrogens (primary N) is 1. The second kappa shape index (κ2) is 5.44. The van der Waals surface area contributed by atoms with Crippen LogP contribution < -0.4 is 15.8 Å². The molecule has 0 saturated heterocycles. The molecule has 3 N–H and O–H groups in total. The van der Waals surface area contributed by atoms with Crippen molar-refractivity contribution in [2.24, 2.45) is 0 Å². The van der Waals surface area contributed by atoms with E-state index < -0.39 is 0 Å². The van der Waals surface area contributed by atoms with Gasteiger partial charge in [0.25, 0.3) is 5.91 Å². The Morgan fingerprint density at radius 1 is 1.21 bits per heavy atom. The number of methoxy groups -OCH3 is 1. The van der Waals surface area contributed by atoms with Crippen LogP contribution in [0, 0.1) is 6.92 Å². The van der Waals surface area contributed by atoms with Gasteiger partial charge in [-0.3, -0.25) is 4.79 Å². The predicted molar refractivity (Wildman–Crippen MR) is 76.5 cm³/mol. The molecule has 0 radical (unpaired) electrons. The molecular weight excluding hydrogens is 240 g/mol. The molecule has 98 valence electrons. The third-order valence-corrected chi connectivity index (χ3v) is 2.87. The Morgan fingerprint density at radius 3 is 2.68 bits per heavy atom. The number of rotatable bonds is 3. The van der Waals surface area contributed by atoms with Crippen LogP contribution in [0.1, 0.15) is 15.9 Å². The van der Waals surface area contributed by atoms with E-state index in [-0.39, 0.29) is 5.91 Å². The van der Waals surface area contributed by atoms with Gasteiger partial charge < -0.3 is 15.8 Å². The molecule has 0 aliphatic heterocycles. The highest BCUT2D eigenvalue weighted by molar-refractivity contribution is 6.04. The Kier molecular flexibility index (Phi) is 3.71. The zero-order valence-corrected chi connectivity index (χ0v) is 10.9. The molecule has 0 aromatic heterocycles. The molecule has 0 atom stereocenters. The van der Waals surface area contributed by atoms with Crippen molar-refractivity contribution in [3.05, 3.63) is 53.6 Å². The molecule has 0 heterocycles. The lowest BCUT2D eigenvalue weighted by atomic mass is 10.1. The lowest BCUT2D eigenvalue weighted by Gasteiger charge is -2.08. The number of anilines is 2. The Hall–Kier alpha value is -2.49. The molecular formula is C15H16N2O2. The number of nitrogen functional groups attached to an aromatic ring is 1. The predicted octanol–water partition coefficient (Wildman–Crippen LogP) is 2.84. The summed E-state index contributed by atoms with van der Waals surface area (Å²) in [6.07, 6.45) is 0. The smallest absolute Gasteiger partial charge is 0.255 e. The zero-order chi connectivity index (χ0) is 13.8. The van der Waals surface area contributed by atoms with Crippen molar-refractivity contribution < 1.29 is 9.53 Å². The van der Waals surface area contributed by atoms with Crippen molar-refractivity contribution in [2.75, 3.05) is 18.2 Å². The molecule has 0 fully saturated rings. The lowest BCUT2D eigenvalue weighted by molar-refractivity contribution is 0.102. The normalized spacial score (nSPS) is 10.0. The van der Waals surface area contributed by atoms with Crippen molar-refractivity contribution in [2.45, 2.75) is 6.92 Å². The third-order valence-electron chi connectivity index (χ3n) is 2.87. The van der Waals surface area contributed by atoms with E-state index in [2.05, 4.69) is 5.32 Å². The number of hydrogen-bond acceptors (Lipinski definition) is 3. The summed E-state index contributed by atoms with van der Waals surface area (Å²) in [6, 6.07) is 12.5. The van der Waals surface area contributed by atoms with Gasteiger partial charge in [0.05, 0.1) is 7.11 Å². The molecule has 2 rings (SSSR count). The molecule has 0 aliphatic carbocycles. The van der Waals surface area contributed by atoms with E-state index in [0.717, 1.165) is 5.56 Å². The van der Waals surface area contributed by atoms with Crippen LogP contribution in [-0.4, -0.2) is 13.0 Å². The van der Waals surface area contributed by atoms with Gasteiger partial charge in [0.2, 0.25) is 0 Å². The first-order valence-electron chi connectivity index (χ1n) is 5.91. The van der Waals surface area contributed by atoms with Crippen molar-refractivity contribution in [1.82, 2.24) is 0 Å². The minimum absolute atomic E-state index is 0.194. The molecule has 19 heavy (non-hydrogen) atoms. The zero-order valence-electron chi connectivity index (χ0n) is 10.9. The van der Waals surface area contributed by atoms with Crippen molar-refractivity contribution >= 4 is 17.3 Å². The molecule has 0 bridgehead atoms. The maximum Gasteiger partial charge on any atom is 0.255 e. The summed E-state index contributed by atoms with van der Waals surface area (Å²) in [5.41, 5.74) is 8.58. The van der Waals surface area contributed by atoms with Crippen molar-refractivity contribution in [3.8, 4) is 5.75 Å². The SMILES string of the molecule is COc1cccc(NC(=O)c2ccc(C)c(N)c2)c1. The first kappa shape index (κ1) is 13.0. The second-order valence-corrected chi connectivity index (χ2v) is 4.26. The topological polar surface area (TPSA) is 64.3 Å². The molecule has 0 spiro atoms. The first-order valence-corrected chi connectivity index (χ1v) is 5.91. The Balaban J connectivity index is 2.18. The van der Waals surface area contributed by atoms with Crippen molar-refractivity contribution in [3.63, 3.8) is 0 Å². The van der Waals surface area contributed by atoms with Gasteiger partial charge in [0, 0.05) is 23.0 Å². The van der Waals surface area contributed by atoms with Crippen LogP contribution >= 0.6 is 0 Å². The summed E-state index contributed by atoms with van der Waals surface area (Å²) in [6.45, 7) is 1.90. The summed E-state index contributed by atoms with van der Waals surface area (Å²) in [7, 11) is 1.58. The van der Waals surface area contributed by atoms with E-state index in [4.69, 9.17) is 10.5 Å². The number of benzene rings is 2. The van der Waals surface area contributed by atoms with Gasteiger partial charge in [-0.05, 0) is 36.8 Å². The van der Waals surface area contributed by atoms with Crippen LogP contribution in [-0.2, 0) is 0 Å². The van der Waals surface area contributed by atoms with Gasteiger partial charge in [0.1, 0.15) is 5.75 Å². The molecule has 2 aromatic carbocycles.